The van der Waals surface area contributed by atoms with Gasteiger partial charge in [0.15, 0.2) is 9.84 Å². The zero-order chi connectivity index (χ0) is 12.2. The molecule has 90 valence electrons. The Balaban J connectivity index is 2.59. The molecule has 0 bridgehead atoms. The molecule has 3 N–H and O–H groups in total. The van der Waals surface area contributed by atoms with Crippen molar-refractivity contribution in [1.29, 1.82) is 0 Å². The first-order chi connectivity index (χ1) is 7.44. The number of halogens is 1. The fourth-order valence-corrected chi connectivity index (χ4v) is 2.01. The maximum atomic E-state index is 11.2. The lowest BCUT2D eigenvalue weighted by molar-refractivity contribution is 0.597. The summed E-state index contributed by atoms with van der Waals surface area (Å²) in [6.07, 6.45) is 1.51. The van der Waals surface area contributed by atoms with Crippen molar-refractivity contribution in [2.24, 2.45) is 0 Å². The molecule has 0 unspecified atom stereocenters. The molecular formula is C8H13BrN4O2S. The highest BCUT2D eigenvalue weighted by Crippen LogP contribution is 2.18. The Kier molecular flexibility index (Phi) is 4.48. The van der Waals surface area contributed by atoms with E-state index >= 15 is 0 Å². The first kappa shape index (κ1) is 13.2. The summed E-state index contributed by atoms with van der Waals surface area (Å²) in [5, 5.41) is 2.89. The Hall–Kier alpha value is -0.890. The average molecular weight is 309 g/mol. The summed E-state index contributed by atoms with van der Waals surface area (Å²) in [6, 6.07) is 0. The molecule has 0 fully saturated rings. The molecule has 16 heavy (non-hydrogen) atoms. The summed E-state index contributed by atoms with van der Waals surface area (Å²) < 4.78 is 23.1. The number of hydrogen-bond donors (Lipinski definition) is 2. The second kappa shape index (κ2) is 5.44. The van der Waals surface area contributed by atoms with Crippen LogP contribution < -0.4 is 11.1 Å². The van der Waals surface area contributed by atoms with Gasteiger partial charge in [-0.1, -0.05) is 6.92 Å². The number of anilines is 2. The first-order valence-electron chi connectivity index (χ1n) is 4.67. The maximum Gasteiger partial charge on any atom is 0.221 e. The van der Waals surface area contributed by atoms with Gasteiger partial charge in [0.05, 0.1) is 10.2 Å². The second-order valence-corrected chi connectivity index (χ2v) is 6.41. The molecular weight excluding hydrogens is 296 g/mol. The summed E-state index contributed by atoms with van der Waals surface area (Å²) in [5.74, 6) is 0.851. The predicted molar refractivity (Wildman–Crippen MR) is 67.0 cm³/mol. The van der Waals surface area contributed by atoms with Crippen LogP contribution in [0.2, 0.25) is 0 Å². The van der Waals surface area contributed by atoms with Crippen LogP contribution in [0.1, 0.15) is 6.92 Å². The van der Waals surface area contributed by atoms with Gasteiger partial charge in [-0.3, -0.25) is 0 Å². The Morgan fingerprint density at radius 3 is 2.88 bits per heavy atom. The molecule has 0 amide bonds. The molecule has 0 aliphatic heterocycles. The van der Waals surface area contributed by atoms with Gasteiger partial charge < -0.3 is 11.1 Å². The van der Waals surface area contributed by atoms with Gasteiger partial charge >= 0.3 is 0 Å². The number of nitrogens with zero attached hydrogens (tertiary/aromatic N) is 2. The van der Waals surface area contributed by atoms with Crippen LogP contribution in [0.25, 0.3) is 0 Å². The van der Waals surface area contributed by atoms with E-state index in [0.29, 0.717) is 16.8 Å². The molecule has 1 rings (SSSR count). The quantitative estimate of drug-likeness (QED) is 0.829. The van der Waals surface area contributed by atoms with Crippen LogP contribution in [0, 0.1) is 0 Å². The topological polar surface area (TPSA) is 98.0 Å². The van der Waals surface area contributed by atoms with Crippen LogP contribution in [-0.4, -0.2) is 36.4 Å². The molecule has 0 radical (unpaired) electrons. The SMILES string of the molecule is CCS(=O)(=O)CCNc1nc(N)ncc1Br. The lowest BCUT2D eigenvalue weighted by atomic mass is 10.5. The van der Waals surface area contributed by atoms with Gasteiger partial charge in [0, 0.05) is 18.5 Å². The first-order valence-corrected chi connectivity index (χ1v) is 7.28. The van der Waals surface area contributed by atoms with E-state index in [0.717, 1.165) is 0 Å². The molecule has 1 aromatic heterocycles. The van der Waals surface area contributed by atoms with Crippen molar-refractivity contribution in [1.82, 2.24) is 9.97 Å². The number of nitrogen functional groups attached to an aromatic ring is 1. The van der Waals surface area contributed by atoms with Gasteiger partial charge in [-0.15, -0.1) is 0 Å². The van der Waals surface area contributed by atoms with Gasteiger partial charge in [-0.2, -0.15) is 4.98 Å². The molecule has 1 heterocycles. The van der Waals surface area contributed by atoms with Crippen LogP contribution >= 0.6 is 15.9 Å². The third kappa shape index (κ3) is 3.93. The van der Waals surface area contributed by atoms with E-state index < -0.39 is 9.84 Å². The van der Waals surface area contributed by atoms with E-state index in [1.165, 1.54) is 6.20 Å². The lowest BCUT2D eigenvalue weighted by Gasteiger charge is -2.07. The number of aromatic nitrogens is 2. The molecule has 0 spiro atoms. The predicted octanol–water partition coefficient (Wildman–Crippen LogP) is 0.668. The van der Waals surface area contributed by atoms with Crippen LogP contribution in [-0.2, 0) is 9.84 Å². The summed E-state index contributed by atoms with van der Waals surface area (Å²) in [4.78, 5) is 7.71. The van der Waals surface area contributed by atoms with E-state index in [2.05, 4.69) is 31.2 Å². The average Bonchev–Trinajstić information content (AvgIpc) is 2.23. The van der Waals surface area contributed by atoms with E-state index in [1.54, 1.807) is 6.92 Å². The van der Waals surface area contributed by atoms with Gasteiger partial charge in [0.1, 0.15) is 5.82 Å². The van der Waals surface area contributed by atoms with Gasteiger partial charge in [-0.05, 0) is 15.9 Å². The summed E-state index contributed by atoms with van der Waals surface area (Å²) in [5.41, 5.74) is 5.41. The van der Waals surface area contributed by atoms with Crippen molar-refractivity contribution in [2.45, 2.75) is 6.92 Å². The molecule has 0 saturated heterocycles. The Morgan fingerprint density at radius 2 is 2.25 bits per heavy atom. The summed E-state index contributed by atoms with van der Waals surface area (Å²) in [6.45, 7) is 1.92. The Morgan fingerprint density at radius 1 is 1.56 bits per heavy atom. The molecule has 0 atom stereocenters. The zero-order valence-electron chi connectivity index (χ0n) is 8.77. The molecule has 0 aromatic carbocycles. The molecule has 1 aromatic rings. The van der Waals surface area contributed by atoms with Gasteiger partial charge in [-0.25, -0.2) is 13.4 Å². The normalized spacial score (nSPS) is 11.4. The minimum absolute atomic E-state index is 0.0693. The van der Waals surface area contributed by atoms with E-state index in [4.69, 9.17) is 5.73 Å². The van der Waals surface area contributed by atoms with Crippen LogP contribution in [0.3, 0.4) is 0 Å². The molecule has 0 saturated carbocycles. The molecule has 8 heteroatoms. The smallest absolute Gasteiger partial charge is 0.221 e. The second-order valence-electron chi connectivity index (χ2n) is 3.09. The highest BCUT2D eigenvalue weighted by Gasteiger charge is 2.08. The molecule has 0 aliphatic carbocycles. The number of nitrogens with two attached hydrogens (primary N) is 1. The highest BCUT2D eigenvalue weighted by atomic mass is 79.9. The standard InChI is InChI=1S/C8H13BrN4O2S/c1-2-16(14,15)4-3-11-7-6(9)5-12-8(10)13-7/h5H,2-4H2,1H3,(H3,10,11,12,13). The van der Waals surface area contributed by atoms with E-state index in [1.807, 2.05) is 0 Å². The minimum atomic E-state index is -2.97. The van der Waals surface area contributed by atoms with E-state index in [-0.39, 0.29) is 17.5 Å². The summed E-state index contributed by atoms with van der Waals surface area (Å²) in [7, 11) is -2.97. The van der Waals surface area contributed by atoms with Crippen molar-refractivity contribution in [3.05, 3.63) is 10.7 Å². The fraction of sp³-hybridized carbons (Fsp3) is 0.500. The monoisotopic (exact) mass is 308 g/mol. The van der Waals surface area contributed by atoms with Crippen LogP contribution in [0.4, 0.5) is 11.8 Å². The maximum absolute atomic E-state index is 11.2. The van der Waals surface area contributed by atoms with Gasteiger partial charge in [0.25, 0.3) is 0 Å². The third-order valence-corrected chi connectivity index (χ3v) is 4.19. The molecule has 6 nitrogen and oxygen atoms in total. The molecule has 0 aliphatic rings. The van der Waals surface area contributed by atoms with Crippen LogP contribution in [0.5, 0.6) is 0 Å². The van der Waals surface area contributed by atoms with Crippen molar-refractivity contribution in [3.63, 3.8) is 0 Å². The fourth-order valence-electron chi connectivity index (χ4n) is 0.974. The number of hydrogen-bond acceptors (Lipinski definition) is 6. The van der Waals surface area contributed by atoms with Crippen molar-refractivity contribution >= 4 is 37.5 Å². The minimum Gasteiger partial charge on any atom is -0.368 e. The van der Waals surface area contributed by atoms with Crippen LogP contribution in [0.15, 0.2) is 10.7 Å². The zero-order valence-corrected chi connectivity index (χ0v) is 11.2. The third-order valence-electron chi connectivity index (χ3n) is 1.91. The number of sulfone groups is 1. The number of rotatable bonds is 5. The lowest BCUT2D eigenvalue weighted by Crippen LogP contribution is -2.18. The largest absolute Gasteiger partial charge is 0.368 e. The van der Waals surface area contributed by atoms with E-state index in [9.17, 15) is 8.42 Å². The Bertz CT molecular complexity index is 463. The summed E-state index contributed by atoms with van der Waals surface area (Å²) >= 11 is 3.24. The number of nitrogens with one attached hydrogen (secondary N) is 1. The van der Waals surface area contributed by atoms with Crippen molar-refractivity contribution < 1.29 is 8.42 Å². The van der Waals surface area contributed by atoms with Crippen molar-refractivity contribution in [2.75, 3.05) is 29.1 Å². The highest BCUT2D eigenvalue weighted by molar-refractivity contribution is 9.10. The van der Waals surface area contributed by atoms with Gasteiger partial charge in [0.2, 0.25) is 5.95 Å². The Labute approximate surface area is 103 Å². The van der Waals surface area contributed by atoms with Crippen molar-refractivity contribution in [3.8, 4) is 0 Å².